The van der Waals surface area contributed by atoms with Crippen LogP contribution in [0.2, 0.25) is 0 Å². The van der Waals surface area contributed by atoms with Crippen molar-refractivity contribution >= 4 is 52.9 Å². The van der Waals surface area contributed by atoms with Crippen molar-refractivity contribution in [3.8, 4) is 0 Å². The number of carbonyl (C=O) groups is 3. The number of amides is 1. The average molecular weight is 439 g/mol. The van der Waals surface area contributed by atoms with Gasteiger partial charge in [-0.3, -0.25) is 14.5 Å². The van der Waals surface area contributed by atoms with Crippen LogP contribution in [0, 0.1) is 5.92 Å². The SMILES string of the molecule is O=C[C@H]1NCC(=S)C1C(=O)C1=CSC=CN1C(=O)CCCC1=Cc2ccccc2C1. The average Bonchev–Trinajstić information content (AvgIpc) is 3.35. The van der Waals surface area contributed by atoms with Gasteiger partial charge in [0, 0.05) is 29.4 Å². The maximum absolute atomic E-state index is 13.1. The Hall–Kier alpha value is -2.35. The number of fused-ring (bicyclic) bond motifs is 1. The van der Waals surface area contributed by atoms with Crippen LogP contribution >= 0.6 is 24.0 Å². The summed E-state index contributed by atoms with van der Waals surface area (Å²) in [5, 5.41) is 6.39. The number of thiocarbonyl (C=S) groups is 1. The van der Waals surface area contributed by atoms with Gasteiger partial charge in [-0.05, 0) is 35.8 Å². The minimum absolute atomic E-state index is 0.123. The predicted molar refractivity (Wildman–Crippen MR) is 123 cm³/mol. The first kappa shape index (κ1) is 20.9. The van der Waals surface area contributed by atoms with E-state index in [2.05, 4.69) is 23.5 Å². The molecule has 0 bridgehead atoms. The normalized spacial score (nSPS) is 22.5. The molecule has 1 fully saturated rings. The van der Waals surface area contributed by atoms with Crippen LogP contribution in [0.5, 0.6) is 0 Å². The van der Waals surface area contributed by atoms with Gasteiger partial charge in [0.25, 0.3) is 0 Å². The molecule has 0 saturated carbocycles. The largest absolute Gasteiger partial charge is 0.302 e. The third-order valence-electron chi connectivity index (χ3n) is 5.62. The summed E-state index contributed by atoms with van der Waals surface area (Å²) in [4.78, 5) is 39.2. The van der Waals surface area contributed by atoms with E-state index in [1.165, 1.54) is 33.4 Å². The Morgan fingerprint density at radius 2 is 2.13 bits per heavy atom. The van der Waals surface area contributed by atoms with Crippen LogP contribution in [-0.4, -0.2) is 40.3 Å². The summed E-state index contributed by atoms with van der Waals surface area (Å²) >= 11 is 6.63. The molecule has 1 N–H and O–H groups in total. The van der Waals surface area contributed by atoms with Crippen LogP contribution < -0.4 is 5.32 Å². The zero-order valence-electron chi connectivity index (χ0n) is 16.4. The summed E-state index contributed by atoms with van der Waals surface area (Å²) in [6.07, 6.45) is 7.41. The molecule has 0 spiro atoms. The van der Waals surface area contributed by atoms with Crippen LogP contribution in [0.4, 0.5) is 0 Å². The molecule has 0 aromatic heterocycles. The highest BCUT2D eigenvalue weighted by molar-refractivity contribution is 8.05. The van der Waals surface area contributed by atoms with E-state index in [0.29, 0.717) is 29.8 Å². The number of allylic oxidation sites excluding steroid dienone is 2. The van der Waals surface area contributed by atoms with E-state index in [9.17, 15) is 14.4 Å². The second-order valence-electron chi connectivity index (χ2n) is 7.57. The fraction of sp³-hybridized carbons (Fsp3) is 0.304. The fourth-order valence-electron chi connectivity index (χ4n) is 4.07. The Bertz CT molecular complexity index is 996. The van der Waals surface area contributed by atoms with Crippen molar-refractivity contribution in [2.75, 3.05) is 6.54 Å². The number of nitrogens with one attached hydrogen (secondary N) is 1. The van der Waals surface area contributed by atoms with E-state index in [1.54, 1.807) is 17.0 Å². The van der Waals surface area contributed by atoms with Gasteiger partial charge in [-0.2, -0.15) is 0 Å². The summed E-state index contributed by atoms with van der Waals surface area (Å²) in [7, 11) is 0. The van der Waals surface area contributed by atoms with Crippen LogP contribution in [0.25, 0.3) is 6.08 Å². The lowest BCUT2D eigenvalue weighted by molar-refractivity contribution is -0.130. The Morgan fingerprint density at radius 1 is 1.30 bits per heavy atom. The second-order valence-corrected chi connectivity index (χ2v) is 8.88. The highest BCUT2D eigenvalue weighted by Gasteiger charge is 2.40. The topological polar surface area (TPSA) is 66.5 Å². The van der Waals surface area contributed by atoms with E-state index >= 15 is 0 Å². The molecular formula is C23H22N2O3S2. The molecule has 1 aromatic rings. The molecule has 1 aliphatic carbocycles. The molecule has 2 heterocycles. The lowest BCUT2D eigenvalue weighted by atomic mass is 9.94. The maximum Gasteiger partial charge on any atom is 0.231 e. The van der Waals surface area contributed by atoms with Gasteiger partial charge in [0.2, 0.25) is 5.91 Å². The number of thioether (sulfide) groups is 1. The van der Waals surface area contributed by atoms with Crippen molar-refractivity contribution in [2.45, 2.75) is 31.7 Å². The van der Waals surface area contributed by atoms with Crippen LogP contribution in [0.15, 0.2) is 52.6 Å². The molecule has 2 aliphatic heterocycles. The molecule has 5 nitrogen and oxygen atoms in total. The molecule has 3 aliphatic rings. The lowest BCUT2D eigenvalue weighted by Gasteiger charge is -2.25. The number of benzene rings is 1. The van der Waals surface area contributed by atoms with Gasteiger partial charge < -0.3 is 10.1 Å². The van der Waals surface area contributed by atoms with Crippen LogP contribution in [-0.2, 0) is 20.8 Å². The number of aldehydes is 1. The number of hydrogen-bond donors (Lipinski definition) is 1. The molecule has 4 rings (SSSR count). The van der Waals surface area contributed by atoms with Crippen molar-refractivity contribution in [2.24, 2.45) is 5.92 Å². The molecule has 154 valence electrons. The Balaban J connectivity index is 1.37. The molecule has 1 amide bonds. The number of carbonyl (C=O) groups excluding carboxylic acids is 3. The number of rotatable bonds is 7. The number of hydrogen-bond acceptors (Lipinski definition) is 6. The van der Waals surface area contributed by atoms with E-state index in [4.69, 9.17) is 12.2 Å². The van der Waals surface area contributed by atoms with Gasteiger partial charge >= 0.3 is 0 Å². The van der Waals surface area contributed by atoms with Crippen molar-refractivity contribution in [1.29, 1.82) is 0 Å². The zero-order valence-corrected chi connectivity index (χ0v) is 18.0. The Labute approximate surface area is 185 Å². The summed E-state index contributed by atoms with van der Waals surface area (Å²) in [6, 6.07) is 7.70. The molecule has 2 atom stereocenters. The first-order chi connectivity index (χ1) is 14.6. The van der Waals surface area contributed by atoms with E-state index in [1.807, 2.05) is 12.1 Å². The molecule has 1 aromatic carbocycles. The molecule has 7 heteroatoms. The number of Topliss-reactive ketones (excluding diaryl/α,β-unsaturated/α-hetero) is 1. The van der Waals surface area contributed by atoms with Gasteiger partial charge in [0.05, 0.1) is 17.7 Å². The minimum Gasteiger partial charge on any atom is -0.302 e. The first-order valence-corrected chi connectivity index (χ1v) is 11.3. The first-order valence-electron chi connectivity index (χ1n) is 9.96. The quantitative estimate of drug-likeness (QED) is 0.520. The second kappa shape index (κ2) is 9.20. The Morgan fingerprint density at radius 3 is 2.93 bits per heavy atom. The highest BCUT2D eigenvalue weighted by Crippen LogP contribution is 2.29. The van der Waals surface area contributed by atoms with Gasteiger partial charge in [-0.25, -0.2) is 0 Å². The zero-order chi connectivity index (χ0) is 21.1. The predicted octanol–water partition coefficient (Wildman–Crippen LogP) is 3.41. The molecular weight excluding hydrogens is 416 g/mol. The van der Waals surface area contributed by atoms with Gasteiger partial charge in [0.15, 0.2) is 5.78 Å². The van der Waals surface area contributed by atoms with Gasteiger partial charge in [0.1, 0.15) is 6.29 Å². The van der Waals surface area contributed by atoms with Gasteiger partial charge in [-0.15, -0.1) is 11.8 Å². The third-order valence-corrected chi connectivity index (χ3v) is 6.65. The van der Waals surface area contributed by atoms with Crippen molar-refractivity contribution < 1.29 is 14.4 Å². The Kier molecular flexibility index (Phi) is 6.41. The number of nitrogens with zero attached hydrogens (tertiary/aromatic N) is 1. The van der Waals surface area contributed by atoms with E-state index in [0.717, 1.165) is 19.3 Å². The molecule has 1 saturated heterocycles. The maximum atomic E-state index is 13.1. The summed E-state index contributed by atoms with van der Waals surface area (Å²) in [5.74, 6) is -1.10. The van der Waals surface area contributed by atoms with Crippen molar-refractivity contribution in [3.05, 3.63) is 63.7 Å². The van der Waals surface area contributed by atoms with Crippen molar-refractivity contribution in [1.82, 2.24) is 10.2 Å². The summed E-state index contributed by atoms with van der Waals surface area (Å²) in [6.45, 7) is 0.358. The fourth-order valence-corrected chi connectivity index (χ4v) is 5.04. The standard InChI is InChI=1S/C23H22N2O3S2/c26-13-18-22(20(29)12-24-18)23(28)19-14-30-9-8-25(19)21(27)7-3-4-15-10-16-5-1-2-6-17(16)11-15/h1-2,5-6,8-10,13-14,18,22,24H,3-4,7,11-12H2/t18-,22?/m1/s1. The number of ketones is 1. The summed E-state index contributed by atoms with van der Waals surface area (Å²) in [5.41, 5.74) is 4.22. The third kappa shape index (κ3) is 4.24. The van der Waals surface area contributed by atoms with Crippen molar-refractivity contribution in [3.63, 3.8) is 0 Å². The molecule has 0 radical (unpaired) electrons. The van der Waals surface area contributed by atoms with E-state index in [-0.39, 0.29) is 11.7 Å². The smallest absolute Gasteiger partial charge is 0.231 e. The monoisotopic (exact) mass is 438 g/mol. The lowest BCUT2D eigenvalue weighted by Crippen LogP contribution is -2.39. The van der Waals surface area contributed by atoms with Crippen LogP contribution in [0.3, 0.4) is 0 Å². The highest BCUT2D eigenvalue weighted by atomic mass is 32.2. The molecule has 1 unspecified atom stereocenters. The van der Waals surface area contributed by atoms with E-state index < -0.39 is 12.0 Å². The minimum atomic E-state index is -0.701. The van der Waals surface area contributed by atoms with Crippen LogP contribution in [0.1, 0.15) is 30.4 Å². The molecule has 30 heavy (non-hydrogen) atoms. The summed E-state index contributed by atoms with van der Waals surface area (Å²) < 4.78 is 0. The van der Waals surface area contributed by atoms with Gasteiger partial charge in [-0.1, -0.05) is 48.1 Å².